The number of carbonyl (C=O) groups is 1. The molecular weight excluding hydrogens is 586 g/mol. The van der Waals surface area contributed by atoms with E-state index in [2.05, 4.69) is 30.2 Å². The molecule has 1 aliphatic heterocycles. The first-order valence-electron chi connectivity index (χ1n) is 15.2. The molecule has 0 radical (unpaired) electrons. The molecule has 4 heterocycles. The van der Waals surface area contributed by atoms with Gasteiger partial charge >= 0.3 is 0 Å². The van der Waals surface area contributed by atoms with E-state index < -0.39 is 12.2 Å². The number of rotatable bonds is 10. The van der Waals surface area contributed by atoms with E-state index >= 15 is 0 Å². The maximum absolute atomic E-state index is 13.9. The highest BCUT2D eigenvalue weighted by atomic mass is 19.3. The number of oxazole rings is 1. The number of hydrogen-bond donors (Lipinski definition) is 1. The van der Waals surface area contributed by atoms with E-state index in [1.165, 1.54) is 0 Å². The minimum atomic E-state index is -2.83. The predicted molar refractivity (Wildman–Crippen MR) is 177 cm³/mol. The molecule has 0 atom stereocenters. The molecule has 234 valence electrons. The number of likely N-dealkylation sites (tertiary alicyclic amines) is 1. The summed E-state index contributed by atoms with van der Waals surface area (Å²) in [6.45, 7) is 8.61. The fourth-order valence-electron chi connectivity index (χ4n) is 5.73. The largest absolute Gasteiger partial charge is 0.436 e. The smallest absolute Gasteiger partial charge is 0.297 e. The van der Waals surface area contributed by atoms with Crippen LogP contribution in [0.3, 0.4) is 0 Å². The SMILES string of the molecule is C\C=C/C=C(\C(C)=C\Nc1nc(C(F)F)nc2cc(CN3CCCC3)cnc12)c1cccc(-c2nc3cc(C=O)ccc3o2)c1C. The summed E-state index contributed by atoms with van der Waals surface area (Å²) in [5.41, 5.74) is 7.87. The minimum Gasteiger partial charge on any atom is -0.436 e. The van der Waals surface area contributed by atoms with E-state index in [0.717, 1.165) is 65.6 Å². The first kappa shape index (κ1) is 30.9. The quantitative estimate of drug-likeness (QED) is 0.123. The van der Waals surface area contributed by atoms with E-state index in [4.69, 9.17) is 4.42 Å². The van der Waals surface area contributed by atoms with Gasteiger partial charge in [0.1, 0.15) is 17.3 Å². The first-order chi connectivity index (χ1) is 22.3. The molecule has 2 aromatic carbocycles. The van der Waals surface area contributed by atoms with E-state index in [9.17, 15) is 13.6 Å². The van der Waals surface area contributed by atoms with Crippen LogP contribution in [0.1, 0.15) is 66.0 Å². The second-order valence-electron chi connectivity index (χ2n) is 11.3. The lowest BCUT2D eigenvalue weighted by Gasteiger charge is -2.16. The molecule has 0 spiro atoms. The zero-order valence-electron chi connectivity index (χ0n) is 25.9. The Labute approximate surface area is 265 Å². The van der Waals surface area contributed by atoms with Gasteiger partial charge in [0, 0.05) is 30.1 Å². The van der Waals surface area contributed by atoms with Crippen LogP contribution >= 0.6 is 0 Å². The Morgan fingerprint density at radius 2 is 1.91 bits per heavy atom. The van der Waals surface area contributed by atoms with E-state index in [1.54, 1.807) is 30.6 Å². The number of aromatic nitrogens is 4. The topological polar surface area (TPSA) is 97.0 Å². The Hall–Kier alpha value is -5.09. The molecule has 0 unspecified atom stereocenters. The van der Waals surface area contributed by atoms with Crippen LogP contribution in [0, 0.1) is 6.92 Å². The van der Waals surface area contributed by atoms with E-state index in [-0.39, 0.29) is 5.82 Å². The highest BCUT2D eigenvalue weighted by Gasteiger charge is 2.19. The average molecular weight is 621 g/mol. The molecule has 0 amide bonds. The second-order valence-corrected chi connectivity index (χ2v) is 11.3. The van der Waals surface area contributed by atoms with E-state index in [1.807, 2.05) is 63.3 Å². The third-order valence-electron chi connectivity index (χ3n) is 8.12. The second kappa shape index (κ2) is 13.5. The van der Waals surface area contributed by atoms with E-state index in [0.29, 0.717) is 40.1 Å². The summed E-state index contributed by atoms with van der Waals surface area (Å²) in [6, 6.07) is 12.8. The van der Waals surface area contributed by atoms with Gasteiger partial charge in [0.25, 0.3) is 6.43 Å². The molecule has 1 saturated heterocycles. The highest BCUT2D eigenvalue weighted by Crippen LogP contribution is 2.34. The number of halogens is 2. The van der Waals surface area contributed by atoms with Crippen LogP contribution < -0.4 is 5.32 Å². The van der Waals surface area contributed by atoms with Crippen molar-refractivity contribution in [3.63, 3.8) is 0 Å². The monoisotopic (exact) mass is 620 g/mol. The van der Waals surface area contributed by atoms with Crippen molar-refractivity contribution >= 4 is 39.8 Å². The molecule has 0 saturated carbocycles. The predicted octanol–water partition coefficient (Wildman–Crippen LogP) is 8.46. The van der Waals surface area contributed by atoms with Gasteiger partial charge in [-0.15, -0.1) is 0 Å². The third-order valence-corrected chi connectivity index (χ3v) is 8.12. The zero-order valence-corrected chi connectivity index (χ0v) is 25.9. The normalized spacial score (nSPS) is 14.7. The number of carbonyl (C=O) groups excluding carboxylic acids is 1. The van der Waals surface area contributed by atoms with Gasteiger partial charge < -0.3 is 9.73 Å². The van der Waals surface area contributed by atoms with Crippen LogP contribution in [0.5, 0.6) is 0 Å². The Morgan fingerprint density at radius 1 is 1.09 bits per heavy atom. The summed E-state index contributed by atoms with van der Waals surface area (Å²) >= 11 is 0. The maximum Gasteiger partial charge on any atom is 0.297 e. The number of nitrogens with zero attached hydrogens (tertiary/aromatic N) is 5. The van der Waals surface area contributed by atoms with Gasteiger partial charge in [0.15, 0.2) is 17.2 Å². The number of alkyl halides is 2. The molecule has 0 aliphatic carbocycles. The van der Waals surface area contributed by atoms with Crippen molar-refractivity contribution in [1.29, 1.82) is 0 Å². The summed E-state index contributed by atoms with van der Waals surface area (Å²) in [7, 11) is 0. The molecule has 3 aromatic heterocycles. The number of allylic oxidation sites excluding steroid dienone is 5. The van der Waals surface area contributed by atoms with Crippen molar-refractivity contribution in [2.75, 3.05) is 18.4 Å². The summed E-state index contributed by atoms with van der Waals surface area (Å²) in [6.07, 6.45) is 9.66. The lowest BCUT2D eigenvalue weighted by Crippen LogP contribution is -2.18. The maximum atomic E-state index is 13.9. The Balaban J connectivity index is 1.34. The summed E-state index contributed by atoms with van der Waals surface area (Å²) in [5.74, 6) is 0.113. The molecule has 8 nitrogen and oxygen atoms in total. The molecule has 5 aromatic rings. The Bertz CT molecular complexity index is 2010. The van der Waals surface area contributed by atoms with Crippen molar-refractivity contribution < 1.29 is 18.0 Å². The Kier molecular flexibility index (Phi) is 9.07. The standard InChI is InChI=1S/C36H34F2N6O2/c1-4-5-9-26(27-10-8-11-28(23(27)3)36-42-29-16-24(21-45)12-13-31(29)46-36)22(2)18-40-34-32-30(41-35(43-34)33(37)38)17-25(19-39-32)20-44-14-6-7-15-44/h4-5,8-13,16-19,21,33H,6-7,14-15,20H2,1-3H3,(H,40,41,43)/b5-4-,22-18+,26-9+. The van der Waals surface area contributed by atoms with Crippen LogP contribution in [-0.4, -0.2) is 44.2 Å². The van der Waals surface area contributed by atoms with Crippen molar-refractivity contribution in [3.8, 4) is 11.5 Å². The number of fused-ring (bicyclic) bond motifs is 2. The Morgan fingerprint density at radius 3 is 2.67 bits per heavy atom. The van der Waals surface area contributed by atoms with Gasteiger partial charge in [0.05, 0.1) is 5.52 Å². The highest BCUT2D eigenvalue weighted by molar-refractivity contribution is 5.89. The number of nitrogens with one attached hydrogen (secondary N) is 1. The van der Waals surface area contributed by atoms with Crippen LogP contribution in [-0.2, 0) is 6.54 Å². The number of aldehydes is 1. The van der Waals surface area contributed by atoms with Crippen molar-refractivity contribution in [2.24, 2.45) is 0 Å². The molecule has 1 aliphatic rings. The number of benzene rings is 2. The fourth-order valence-corrected chi connectivity index (χ4v) is 5.73. The molecule has 46 heavy (non-hydrogen) atoms. The molecular formula is C36H34F2N6O2. The summed E-state index contributed by atoms with van der Waals surface area (Å²) in [5, 5.41) is 3.15. The lowest BCUT2D eigenvalue weighted by atomic mass is 9.92. The summed E-state index contributed by atoms with van der Waals surface area (Å²) < 4.78 is 33.8. The van der Waals surface area contributed by atoms with Gasteiger partial charge in [-0.3, -0.25) is 14.7 Å². The number of anilines is 1. The molecule has 10 heteroatoms. The number of pyridine rings is 1. The van der Waals surface area contributed by atoms with Crippen LogP contribution in [0.25, 0.3) is 39.2 Å². The fraction of sp³-hybridized carbons (Fsp3) is 0.250. The third kappa shape index (κ3) is 6.48. The molecule has 0 bridgehead atoms. The van der Waals surface area contributed by atoms with Gasteiger partial charge in [-0.1, -0.05) is 30.4 Å². The zero-order chi connectivity index (χ0) is 32.2. The van der Waals surface area contributed by atoms with Gasteiger partial charge in [-0.2, -0.15) is 0 Å². The van der Waals surface area contributed by atoms with Crippen molar-refractivity contribution in [1.82, 2.24) is 24.8 Å². The summed E-state index contributed by atoms with van der Waals surface area (Å²) in [4.78, 5) is 31.1. The number of hydrogen-bond acceptors (Lipinski definition) is 8. The molecule has 1 N–H and O–H groups in total. The molecule has 6 rings (SSSR count). The van der Waals surface area contributed by atoms with Crippen molar-refractivity contribution in [3.05, 3.63) is 107 Å². The minimum absolute atomic E-state index is 0.212. The van der Waals surface area contributed by atoms with Gasteiger partial charge in [-0.25, -0.2) is 23.7 Å². The van der Waals surface area contributed by atoms with Crippen LogP contribution in [0.2, 0.25) is 0 Å². The lowest BCUT2D eigenvalue weighted by molar-refractivity contribution is 0.112. The van der Waals surface area contributed by atoms with Gasteiger partial charge in [-0.05, 0) is 105 Å². The van der Waals surface area contributed by atoms with Gasteiger partial charge in [0.2, 0.25) is 5.89 Å². The van der Waals surface area contributed by atoms with Crippen LogP contribution in [0.4, 0.5) is 14.6 Å². The van der Waals surface area contributed by atoms with Crippen LogP contribution in [0.15, 0.2) is 83.1 Å². The van der Waals surface area contributed by atoms with Crippen molar-refractivity contribution in [2.45, 2.75) is 46.6 Å². The molecule has 1 fully saturated rings. The average Bonchev–Trinajstić information content (AvgIpc) is 3.73. The first-order valence-corrected chi connectivity index (χ1v) is 15.2.